The molecule has 0 amide bonds. The monoisotopic (exact) mass is 455 g/mol. The highest BCUT2D eigenvalue weighted by molar-refractivity contribution is 6.30. The van der Waals surface area contributed by atoms with E-state index in [0.717, 1.165) is 61.5 Å². The zero-order valence-electron chi connectivity index (χ0n) is 18.2. The molecular formula is C26H30ClNO4. The quantitative estimate of drug-likeness (QED) is 0.596. The molecule has 1 heterocycles. The van der Waals surface area contributed by atoms with Gasteiger partial charge in [-0.2, -0.15) is 0 Å². The lowest BCUT2D eigenvalue weighted by Gasteiger charge is -2.42. The SMILES string of the molecule is C=C[C@@H](O)[C@@H]1CC[C@H]1CN1CCCCc2cc(Cl)ccc2COc2ccc(C(=O)O)cc21. The highest BCUT2D eigenvalue weighted by atomic mass is 35.5. The summed E-state index contributed by atoms with van der Waals surface area (Å²) < 4.78 is 6.24. The zero-order valence-corrected chi connectivity index (χ0v) is 18.9. The lowest BCUT2D eigenvalue weighted by atomic mass is 9.70. The van der Waals surface area contributed by atoms with Gasteiger partial charge in [0.25, 0.3) is 0 Å². The maximum absolute atomic E-state index is 11.7. The molecular weight excluding hydrogens is 426 g/mol. The number of carboxylic acids is 1. The highest BCUT2D eigenvalue weighted by Crippen LogP contribution is 2.40. The number of benzene rings is 2. The van der Waals surface area contributed by atoms with E-state index in [-0.39, 0.29) is 11.5 Å². The molecule has 3 atom stereocenters. The number of anilines is 1. The van der Waals surface area contributed by atoms with Crippen molar-refractivity contribution in [3.8, 4) is 5.75 Å². The topological polar surface area (TPSA) is 70.0 Å². The van der Waals surface area contributed by atoms with Gasteiger partial charge in [-0.05, 0) is 85.4 Å². The average Bonchev–Trinajstić information content (AvgIpc) is 2.79. The number of aliphatic hydroxyl groups is 1. The summed E-state index contributed by atoms with van der Waals surface area (Å²) in [5.41, 5.74) is 3.35. The minimum atomic E-state index is -0.953. The van der Waals surface area contributed by atoms with E-state index in [4.69, 9.17) is 16.3 Å². The Hall–Kier alpha value is -2.50. The molecule has 1 aliphatic heterocycles. The Bertz CT molecular complexity index is 992. The van der Waals surface area contributed by atoms with Crippen molar-refractivity contribution >= 4 is 23.3 Å². The van der Waals surface area contributed by atoms with E-state index in [0.29, 0.717) is 18.3 Å². The fraction of sp³-hybridized carbons (Fsp3) is 0.423. The highest BCUT2D eigenvalue weighted by Gasteiger charge is 2.36. The van der Waals surface area contributed by atoms with Gasteiger partial charge in [-0.25, -0.2) is 4.79 Å². The van der Waals surface area contributed by atoms with E-state index in [1.165, 1.54) is 5.56 Å². The third-order valence-electron chi connectivity index (χ3n) is 6.83. The van der Waals surface area contributed by atoms with Crippen LogP contribution < -0.4 is 9.64 Å². The largest absolute Gasteiger partial charge is 0.487 e. The van der Waals surface area contributed by atoms with Gasteiger partial charge in [0.15, 0.2) is 0 Å². The smallest absolute Gasteiger partial charge is 0.335 e. The van der Waals surface area contributed by atoms with Crippen molar-refractivity contribution < 1.29 is 19.7 Å². The fourth-order valence-electron chi connectivity index (χ4n) is 4.80. The summed E-state index contributed by atoms with van der Waals surface area (Å²) in [5.74, 6) is 0.262. The number of rotatable bonds is 5. The molecule has 2 N–H and O–H groups in total. The molecule has 0 unspecified atom stereocenters. The van der Waals surface area contributed by atoms with E-state index in [9.17, 15) is 15.0 Å². The molecule has 0 aromatic heterocycles. The van der Waals surface area contributed by atoms with E-state index < -0.39 is 12.1 Å². The molecule has 170 valence electrons. The number of carbonyl (C=O) groups is 1. The number of hydrogen-bond donors (Lipinski definition) is 2. The molecule has 0 radical (unpaired) electrons. The van der Waals surface area contributed by atoms with Crippen LogP contribution >= 0.6 is 11.6 Å². The third kappa shape index (κ3) is 4.94. The molecule has 0 saturated heterocycles. The number of halogens is 1. The second-order valence-electron chi connectivity index (χ2n) is 8.82. The number of nitrogens with zero attached hydrogens (tertiary/aromatic N) is 1. The lowest BCUT2D eigenvalue weighted by molar-refractivity contribution is 0.0465. The number of aliphatic hydroxyl groups excluding tert-OH is 1. The van der Waals surface area contributed by atoms with Crippen molar-refractivity contribution in [2.75, 3.05) is 18.0 Å². The summed E-state index contributed by atoms with van der Waals surface area (Å²) in [6.07, 6.45) is 6.03. The Kier molecular flexibility index (Phi) is 7.07. The molecule has 2 aromatic carbocycles. The van der Waals surface area contributed by atoms with Crippen molar-refractivity contribution in [3.05, 3.63) is 70.8 Å². The molecule has 0 spiro atoms. The zero-order chi connectivity index (χ0) is 22.7. The van der Waals surface area contributed by atoms with E-state index >= 15 is 0 Å². The van der Waals surface area contributed by atoms with Crippen LogP contribution in [0.15, 0.2) is 49.1 Å². The first kappa shape index (κ1) is 22.7. The van der Waals surface area contributed by atoms with Gasteiger partial charge in [0.1, 0.15) is 12.4 Å². The second kappa shape index (κ2) is 9.97. The first-order chi connectivity index (χ1) is 15.5. The summed E-state index contributed by atoms with van der Waals surface area (Å²) >= 11 is 6.23. The van der Waals surface area contributed by atoms with Crippen LogP contribution in [0, 0.1) is 11.8 Å². The normalized spacial score (nSPS) is 21.8. The Balaban J connectivity index is 1.65. The van der Waals surface area contributed by atoms with Crippen LogP contribution in [0.3, 0.4) is 0 Å². The molecule has 2 aromatic rings. The number of aromatic carboxylic acids is 1. The predicted octanol–water partition coefficient (Wildman–Crippen LogP) is 5.33. The first-order valence-electron chi connectivity index (χ1n) is 11.3. The average molecular weight is 456 g/mol. The molecule has 0 bridgehead atoms. The van der Waals surface area contributed by atoms with Crippen LogP contribution in [-0.2, 0) is 13.0 Å². The van der Waals surface area contributed by atoms with Crippen LogP contribution in [0.2, 0.25) is 5.02 Å². The molecule has 6 heteroatoms. The van der Waals surface area contributed by atoms with Crippen LogP contribution in [0.25, 0.3) is 0 Å². The standard InChI is InChI=1S/C26H30ClNO4/c1-2-24(29)22-10-7-19(22)15-28-12-4-3-5-17-13-21(27)9-6-20(17)16-32-25-11-8-18(26(30)31)14-23(25)28/h2,6,8-9,11,13-14,19,22,24,29H,1,3-5,7,10,12,15-16H2,(H,30,31)/t19-,22+,24+/m0/s1. The number of fused-ring (bicyclic) bond motifs is 2. The van der Waals surface area contributed by atoms with Crippen molar-refractivity contribution in [3.63, 3.8) is 0 Å². The molecule has 1 aliphatic carbocycles. The molecule has 1 fully saturated rings. The van der Waals surface area contributed by atoms with Gasteiger partial charge in [0, 0.05) is 18.1 Å². The van der Waals surface area contributed by atoms with Gasteiger partial charge in [-0.1, -0.05) is 23.7 Å². The number of carboxylic acid groups (broad SMARTS) is 1. The fourth-order valence-corrected chi connectivity index (χ4v) is 5.00. The van der Waals surface area contributed by atoms with Crippen molar-refractivity contribution in [2.45, 2.75) is 44.8 Å². The van der Waals surface area contributed by atoms with E-state index in [1.807, 2.05) is 18.2 Å². The van der Waals surface area contributed by atoms with E-state index in [1.54, 1.807) is 24.3 Å². The summed E-state index contributed by atoms with van der Waals surface area (Å²) in [6.45, 7) is 5.70. The summed E-state index contributed by atoms with van der Waals surface area (Å²) in [5, 5.41) is 20.6. The molecule has 2 aliphatic rings. The van der Waals surface area contributed by atoms with Crippen LogP contribution in [0.4, 0.5) is 5.69 Å². The van der Waals surface area contributed by atoms with Gasteiger partial charge >= 0.3 is 5.97 Å². The summed E-state index contributed by atoms with van der Waals surface area (Å²) in [7, 11) is 0. The number of aryl methyl sites for hydroxylation is 1. The maximum atomic E-state index is 11.7. The van der Waals surface area contributed by atoms with Crippen LogP contribution in [0.5, 0.6) is 5.75 Å². The third-order valence-corrected chi connectivity index (χ3v) is 7.07. The van der Waals surface area contributed by atoms with Crippen LogP contribution in [-0.4, -0.2) is 35.4 Å². The Labute approximate surface area is 194 Å². The van der Waals surface area contributed by atoms with Crippen LogP contribution in [0.1, 0.15) is 47.2 Å². The minimum Gasteiger partial charge on any atom is -0.487 e. The lowest BCUT2D eigenvalue weighted by Crippen LogP contribution is -2.43. The van der Waals surface area contributed by atoms with Crippen molar-refractivity contribution in [2.24, 2.45) is 11.8 Å². The Morgan fingerprint density at radius 3 is 2.78 bits per heavy atom. The van der Waals surface area contributed by atoms with Crippen molar-refractivity contribution in [1.29, 1.82) is 0 Å². The Morgan fingerprint density at radius 2 is 2.06 bits per heavy atom. The second-order valence-corrected chi connectivity index (χ2v) is 9.26. The van der Waals surface area contributed by atoms with Gasteiger partial charge in [-0.3, -0.25) is 0 Å². The van der Waals surface area contributed by atoms with Gasteiger partial charge in [0.05, 0.1) is 17.4 Å². The van der Waals surface area contributed by atoms with Gasteiger partial charge in [0.2, 0.25) is 0 Å². The maximum Gasteiger partial charge on any atom is 0.335 e. The van der Waals surface area contributed by atoms with Crippen molar-refractivity contribution in [1.82, 2.24) is 0 Å². The number of hydrogen-bond acceptors (Lipinski definition) is 4. The molecule has 1 saturated carbocycles. The minimum absolute atomic E-state index is 0.198. The first-order valence-corrected chi connectivity index (χ1v) is 11.7. The van der Waals surface area contributed by atoms with Gasteiger partial charge in [-0.15, -0.1) is 6.58 Å². The number of ether oxygens (including phenoxy) is 1. The molecule has 4 rings (SSSR count). The summed E-state index contributed by atoms with van der Waals surface area (Å²) in [4.78, 5) is 13.9. The molecule has 32 heavy (non-hydrogen) atoms. The summed E-state index contributed by atoms with van der Waals surface area (Å²) in [6, 6.07) is 11.0. The van der Waals surface area contributed by atoms with E-state index in [2.05, 4.69) is 11.5 Å². The molecule has 5 nitrogen and oxygen atoms in total. The van der Waals surface area contributed by atoms with Gasteiger partial charge < -0.3 is 19.8 Å². The Morgan fingerprint density at radius 1 is 1.22 bits per heavy atom. The predicted molar refractivity (Wildman–Crippen MR) is 127 cm³/mol.